The lowest BCUT2D eigenvalue weighted by molar-refractivity contribution is -0.132. The number of benzene rings is 2. The number of hydrogen-bond acceptors (Lipinski definition) is 4. The second kappa shape index (κ2) is 9.70. The molecule has 3 aromatic rings. The molecule has 1 aromatic heterocycles. The van der Waals surface area contributed by atoms with Crippen molar-refractivity contribution in [3.8, 4) is 11.5 Å². The third-order valence-electron chi connectivity index (χ3n) is 4.85. The van der Waals surface area contributed by atoms with Gasteiger partial charge in [-0.3, -0.25) is 4.79 Å². The van der Waals surface area contributed by atoms with Gasteiger partial charge in [0.25, 0.3) is 0 Å². The highest BCUT2D eigenvalue weighted by Crippen LogP contribution is 2.26. The zero-order chi connectivity index (χ0) is 20.8. The fourth-order valence-corrected chi connectivity index (χ4v) is 3.53. The van der Waals surface area contributed by atoms with Crippen molar-refractivity contribution in [1.82, 2.24) is 15.1 Å². The lowest BCUT2D eigenvalue weighted by atomic mass is 10.0. The van der Waals surface area contributed by atoms with E-state index in [9.17, 15) is 4.79 Å². The molecule has 6 heteroatoms. The van der Waals surface area contributed by atoms with Crippen LogP contribution in [0.3, 0.4) is 0 Å². The number of aryl methyl sites for hydroxylation is 3. The van der Waals surface area contributed by atoms with Crippen molar-refractivity contribution < 1.29 is 9.21 Å². The van der Waals surface area contributed by atoms with Gasteiger partial charge in [-0.2, -0.15) is 0 Å². The lowest BCUT2D eigenvalue weighted by Crippen LogP contribution is -2.31. The summed E-state index contributed by atoms with van der Waals surface area (Å²) >= 11 is 6.20. The molecule has 1 amide bonds. The largest absolute Gasteiger partial charge is 0.419 e. The normalized spacial score (nSPS) is 10.9. The van der Waals surface area contributed by atoms with Gasteiger partial charge in [0.05, 0.1) is 17.1 Å². The van der Waals surface area contributed by atoms with Gasteiger partial charge in [0, 0.05) is 13.0 Å². The van der Waals surface area contributed by atoms with Gasteiger partial charge in [0.15, 0.2) is 0 Å². The molecular weight excluding hydrogens is 386 g/mol. The highest BCUT2D eigenvalue weighted by molar-refractivity contribution is 6.33. The molecule has 0 radical (unpaired) electrons. The summed E-state index contributed by atoms with van der Waals surface area (Å²) in [6.45, 7) is 7.16. The maximum absolute atomic E-state index is 12.8. The first kappa shape index (κ1) is 21.1. The molecule has 0 saturated carbocycles. The molecule has 0 fully saturated rings. The van der Waals surface area contributed by atoms with Crippen LogP contribution in [0, 0.1) is 13.8 Å². The molecule has 2 aromatic carbocycles. The predicted molar refractivity (Wildman–Crippen MR) is 115 cm³/mol. The van der Waals surface area contributed by atoms with Crippen LogP contribution in [0.4, 0.5) is 0 Å². The van der Waals surface area contributed by atoms with Crippen LogP contribution in [0.2, 0.25) is 5.02 Å². The van der Waals surface area contributed by atoms with Gasteiger partial charge in [-0.15, -0.1) is 10.2 Å². The first-order chi connectivity index (χ1) is 14.0. The monoisotopic (exact) mass is 411 g/mol. The molecule has 3 rings (SSSR count). The van der Waals surface area contributed by atoms with E-state index < -0.39 is 0 Å². The molecule has 0 bridgehead atoms. The standard InChI is InChI=1S/C23H26ClN3O2/c1-4-13-27(22(28)12-11-18-10-9-16(2)14-17(18)3)15-21-25-26-23(29-21)19-7-5-6-8-20(19)24/h5-10,14H,4,11-13,15H2,1-3H3. The lowest BCUT2D eigenvalue weighted by Gasteiger charge is -2.20. The van der Waals surface area contributed by atoms with E-state index >= 15 is 0 Å². The molecule has 0 aliphatic rings. The number of carbonyl (C=O) groups excluding carboxylic acids is 1. The number of amides is 1. The van der Waals surface area contributed by atoms with Crippen LogP contribution < -0.4 is 0 Å². The summed E-state index contributed by atoms with van der Waals surface area (Å²) in [5.41, 5.74) is 4.35. The van der Waals surface area contributed by atoms with Crippen molar-refractivity contribution in [2.75, 3.05) is 6.54 Å². The molecule has 0 atom stereocenters. The number of nitrogens with zero attached hydrogens (tertiary/aromatic N) is 3. The highest BCUT2D eigenvalue weighted by Gasteiger charge is 2.18. The van der Waals surface area contributed by atoms with E-state index in [1.54, 1.807) is 11.0 Å². The average molecular weight is 412 g/mol. The molecule has 1 heterocycles. The van der Waals surface area contributed by atoms with Crippen LogP contribution in [0.15, 0.2) is 46.9 Å². The predicted octanol–water partition coefficient (Wildman–Crippen LogP) is 5.38. The van der Waals surface area contributed by atoms with Crippen LogP contribution >= 0.6 is 11.6 Å². The zero-order valence-corrected chi connectivity index (χ0v) is 17.9. The van der Waals surface area contributed by atoms with E-state index in [1.807, 2.05) is 25.1 Å². The smallest absolute Gasteiger partial charge is 0.249 e. The molecule has 152 valence electrons. The SMILES string of the molecule is CCCN(Cc1nnc(-c2ccccc2Cl)o1)C(=O)CCc1ccc(C)cc1C. The Bertz CT molecular complexity index is 984. The minimum atomic E-state index is 0.0873. The molecule has 0 aliphatic carbocycles. The molecule has 5 nitrogen and oxygen atoms in total. The van der Waals surface area contributed by atoms with Crippen molar-refractivity contribution in [1.29, 1.82) is 0 Å². The van der Waals surface area contributed by atoms with Crippen molar-refractivity contribution in [3.63, 3.8) is 0 Å². The van der Waals surface area contributed by atoms with Crippen LogP contribution in [-0.4, -0.2) is 27.5 Å². The van der Waals surface area contributed by atoms with Crippen LogP contribution in [-0.2, 0) is 17.8 Å². The Morgan fingerprint density at radius 2 is 1.93 bits per heavy atom. The van der Waals surface area contributed by atoms with Gasteiger partial charge >= 0.3 is 0 Å². The number of carbonyl (C=O) groups is 1. The second-order valence-corrected chi connectivity index (χ2v) is 7.63. The summed E-state index contributed by atoms with van der Waals surface area (Å²) in [6.07, 6.45) is 2.04. The Morgan fingerprint density at radius 1 is 1.14 bits per heavy atom. The van der Waals surface area contributed by atoms with Crippen LogP contribution in [0.25, 0.3) is 11.5 Å². The minimum absolute atomic E-state index is 0.0873. The van der Waals surface area contributed by atoms with Crippen molar-refractivity contribution >= 4 is 17.5 Å². The van der Waals surface area contributed by atoms with Crippen molar-refractivity contribution in [2.45, 2.75) is 46.6 Å². The number of rotatable bonds is 8. The molecular formula is C23H26ClN3O2. The van der Waals surface area contributed by atoms with Gasteiger partial charge in [-0.1, -0.05) is 54.4 Å². The molecule has 0 aliphatic heterocycles. The van der Waals surface area contributed by atoms with E-state index in [2.05, 4.69) is 42.2 Å². The van der Waals surface area contributed by atoms with E-state index in [1.165, 1.54) is 16.7 Å². The first-order valence-corrected chi connectivity index (χ1v) is 10.3. The Hall–Kier alpha value is -2.66. The van der Waals surface area contributed by atoms with Crippen molar-refractivity contribution in [3.05, 3.63) is 70.1 Å². The van der Waals surface area contributed by atoms with Gasteiger partial charge in [0.2, 0.25) is 17.7 Å². The Morgan fingerprint density at radius 3 is 2.66 bits per heavy atom. The summed E-state index contributed by atoms with van der Waals surface area (Å²) in [7, 11) is 0. The summed E-state index contributed by atoms with van der Waals surface area (Å²) in [5, 5.41) is 8.76. The van der Waals surface area contributed by atoms with Gasteiger partial charge in [-0.05, 0) is 49.9 Å². The minimum Gasteiger partial charge on any atom is -0.419 e. The van der Waals surface area contributed by atoms with Crippen LogP contribution in [0.1, 0.15) is 42.3 Å². The van der Waals surface area contributed by atoms with Gasteiger partial charge < -0.3 is 9.32 Å². The summed E-state index contributed by atoms with van der Waals surface area (Å²) in [4.78, 5) is 14.6. The summed E-state index contributed by atoms with van der Waals surface area (Å²) < 4.78 is 5.77. The topological polar surface area (TPSA) is 59.2 Å². The van der Waals surface area contributed by atoms with E-state index in [0.717, 1.165) is 12.8 Å². The van der Waals surface area contributed by atoms with Gasteiger partial charge in [0.1, 0.15) is 0 Å². The summed E-state index contributed by atoms with van der Waals surface area (Å²) in [5.74, 6) is 0.863. The zero-order valence-electron chi connectivity index (χ0n) is 17.1. The fourth-order valence-electron chi connectivity index (χ4n) is 3.31. The van der Waals surface area contributed by atoms with Crippen molar-refractivity contribution in [2.24, 2.45) is 0 Å². The fraction of sp³-hybridized carbons (Fsp3) is 0.348. The van der Waals surface area contributed by atoms with E-state index in [0.29, 0.717) is 41.9 Å². The van der Waals surface area contributed by atoms with E-state index in [4.69, 9.17) is 16.0 Å². The maximum atomic E-state index is 12.8. The third kappa shape index (κ3) is 5.45. The number of aromatic nitrogens is 2. The first-order valence-electron chi connectivity index (χ1n) is 9.89. The van der Waals surface area contributed by atoms with Gasteiger partial charge in [-0.25, -0.2) is 0 Å². The number of hydrogen-bond donors (Lipinski definition) is 0. The second-order valence-electron chi connectivity index (χ2n) is 7.23. The Labute approximate surface area is 176 Å². The highest BCUT2D eigenvalue weighted by atomic mass is 35.5. The summed E-state index contributed by atoms with van der Waals surface area (Å²) in [6, 6.07) is 13.7. The third-order valence-corrected chi connectivity index (χ3v) is 5.18. The molecule has 0 spiro atoms. The number of halogens is 1. The van der Waals surface area contributed by atoms with E-state index in [-0.39, 0.29) is 5.91 Å². The molecule has 0 saturated heterocycles. The Kier molecular flexibility index (Phi) is 7.04. The maximum Gasteiger partial charge on any atom is 0.249 e. The van der Waals surface area contributed by atoms with Crippen LogP contribution in [0.5, 0.6) is 0 Å². The Balaban J connectivity index is 1.66. The average Bonchev–Trinajstić information content (AvgIpc) is 3.15. The quantitative estimate of drug-likeness (QED) is 0.499. The molecule has 0 unspecified atom stereocenters. The molecule has 0 N–H and O–H groups in total. The molecule has 29 heavy (non-hydrogen) atoms.